The summed E-state index contributed by atoms with van der Waals surface area (Å²) in [6.07, 6.45) is 3.57. The third-order valence-electron chi connectivity index (χ3n) is 5.20. The molecule has 1 saturated carbocycles. The number of carbonyl (C=O) groups is 2. The van der Waals surface area contributed by atoms with Crippen molar-refractivity contribution >= 4 is 33.4 Å². The van der Waals surface area contributed by atoms with E-state index in [-0.39, 0.29) is 11.8 Å². The number of hydrogen-bond acceptors (Lipinski definition) is 3. The summed E-state index contributed by atoms with van der Waals surface area (Å²) in [6.45, 7) is 0. The molecule has 0 spiro atoms. The first kappa shape index (κ1) is 19.4. The first-order chi connectivity index (χ1) is 12.9. The van der Waals surface area contributed by atoms with Gasteiger partial charge in [0.1, 0.15) is 0 Å². The van der Waals surface area contributed by atoms with E-state index in [1.807, 2.05) is 55.4 Å². The summed E-state index contributed by atoms with van der Waals surface area (Å²) in [7, 11) is 3.84. The van der Waals surface area contributed by atoms with Crippen LogP contribution in [0.5, 0.6) is 0 Å². The van der Waals surface area contributed by atoms with Crippen molar-refractivity contribution < 1.29 is 9.59 Å². The Bertz CT molecular complexity index is 828. The Morgan fingerprint density at radius 1 is 1.00 bits per heavy atom. The minimum Gasteiger partial charge on any atom is -0.378 e. The van der Waals surface area contributed by atoms with Crippen LogP contribution in [0.4, 0.5) is 5.69 Å². The molecule has 0 bridgehead atoms. The summed E-state index contributed by atoms with van der Waals surface area (Å²) in [5, 5.41) is 0. The number of nitrogens with one attached hydrogen (secondary N) is 2. The van der Waals surface area contributed by atoms with Gasteiger partial charge in [0.2, 0.25) is 5.91 Å². The van der Waals surface area contributed by atoms with Gasteiger partial charge in [0.05, 0.1) is 5.41 Å². The van der Waals surface area contributed by atoms with E-state index >= 15 is 0 Å². The molecule has 2 amide bonds. The molecule has 1 fully saturated rings. The molecule has 0 unspecified atom stereocenters. The van der Waals surface area contributed by atoms with E-state index in [9.17, 15) is 9.59 Å². The summed E-state index contributed by atoms with van der Waals surface area (Å²) in [5.74, 6) is -0.476. The summed E-state index contributed by atoms with van der Waals surface area (Å²) in [5.41, 5.74) is 7.08. The van der Waals surface area contributed by atoms with E-state index in [2.05, 4.69) is 26.8 Å². The van der Waals surface area contributed by atoms with Gasteiger partial charge in [-0.25, -0.2) is 0 Å². The van der Waals surface area contributed by atoms with E-state index < -0.39 is 5.41 Å². The maximum atomic E-state index is 13.0. The zero-order valence-corrected chi connectivity index (χ0v) is 17.2. The van der Waals surface area contributed by atoms with E-state index in [1.165, 1.54) is 0 Å². The van der Waals surface area contributed by atoms with Crippen LogP contribution in [0.15, 0.2) is 53.0 Å². The van der Waals surface area contributed by atoms with E-state index in [0.29, 0.717) is 5.56 Å². The van der Waals surface area contributed by atoms with Crippen LogP contribution in [0.1, 0.15) is 41.6 Å². The van der Waals surface area contributed by atoms with Gasteiger partial charge in [0, 0.05) is 29.8 Å². The summed E-state index contributed by atoms with van der Waals surface area (Å²) in [4.78, 5) is 27.4. The van der Waals surface area contributed by atoms with E-state index in [1.54, 1.807) is 12.1 Å². The first-order valence-electron chi connectivity index (χ1n) is 9.07. The molecule has 2 aromatic carbocycles. The Balaban J connectivity index is 1.72. The molecule has 142 valence electrons. The molecule has 27 heavy (non-hydrogen) atoms. The van der Waals surface area contributed by atoms with Gasteiger partial charge in [-0.3, -0.25) is 20.4 Å². The van der Waals surface area contributed by atoms with Crippen molar-refractivity contribution in [3.8, 4) is 0 Å². The zero-order valence-electron chi connectivity index (χ0n) is 15.6. The minimum absolute atomic E-state index is 0.153. The molecule has 3 rings (SSSR count). The highest BCUT2D eigenvalue weighted by atomic mass is 79.9. The highest BCUT2D eigenvalue weighted by Crippen LogP contribution is 2.41. The van der Waals surface area contributed by atoms with Crippen LogP contribution in [0.25, 0.3) is 0 Å². The molecule has 0 aliphatic heterocycles. The zero-order chi connectivity index (χ0) is 19.4. The van der Waals surface area contributed by atoms with Crippen molar-refractivity contribution in [3.05, 3.63) is 64.1 Å². The van der Waals surface area contributed by atoms with Gasteiger partial charge in [0.25, 0.3) is 5.91 Å². The lowest BCUT2D eigenvalue weighted by Gasteiger charge is -2.28. The Kier molecular flexibility index (Phi) is 5.85. The lowest BCUT2D eigenvalue weighted by molar-refractivity contribution is -0.127. The molecule has 5 nitrogen and oxygen atoms in total. The van der Waals surface area contributed by atoms with Crippen molar-refractivity contribution in [1.29, 1.82) is 0 Å². The van der Waals surface area contributed by atoms with E-state index in [0.717, 1.165) is 41.4 Å². The fourth-order valence-corrected chi connectivity index (χ4v) is 3.89. The largest absolute Gasteiger partial charge is 0.378 e. The Morgan fingerprint density at radius 2 is 1.67 bits per heavy atom. The first-order valence-corrected chi connectivity index (χ1v) is 9.86. The average molecular weight is 430 g/mol. The third-order valence-corrected chi connectivity index (χ3v) is 5.73. The SMILES string of the molecule is CN(C)c1cccc(C(=O)NNC(=O)C2(c3ccc(Br)cc3)CCCC2)c1. The van der Waals surface area contributed by atoms with Gasteiger partial charge >= 0.3 is 0 Å². The smallest absolute Gasteiger partial charge is 0.269 e. The molecule has 6 heteroatoms. The molecule has 2 aromatic rings. The minimum atomic E-state index is -0.584. The predicted octanol–water partition coefficient (Wildman–Crippen LogP) is 3.79. The highest BCUT2D eigenvalue weighted by Gasteiger charge is 2.42. The predicted molar refractivity (Wildman–Crippen MR) is 111 cm³/mol. The average Bonchev–Trinajstić information content (AvgIpc) is 3.17. The molecular formula is C21H24BrN3O2. The maximum Gasteiger partial charge on any atom is 0.269 e. The topological polar surface area (TPSA) is 61.4 Å². The number of halogens is 1. The van der Waals surface area contributed by atoms with Crippen molar-refractivity contribution in [2.75, 3.05) is 19.0 Å². The molecule has 0 heterocycles. The van der Waals surface area contributed by atoms with E-state index in [4.69, 9.17) is 0 Å². The lowest BCUT2D eigenvalue weighted by Crippen LogP contribution is -2.50. The van der Waals surface area contributed by atoms with Crippen molar-refractivity contribution in [1.82, 2.24) is 10.9 Å². The standard InChI is InChI=1S/C21H24BrN3O2/c1-25(2)18-7-5-6-15(14-18)19(26)23-24-20(27)21(12-3-4-13-21)16-8-10-17(22)11-9-16/h5-11,14H,3-4,12-13H2,1-2H3,(H,23,26)(H,24,27). The number of anilines is 1. The summed E-state index contributed by atoms with van der Waals surface area (Å²) in [6, 6.07) is 15.1. The van der Waals surface area contributed by atoms with Crippen LogP contribution in [-0.2, 0) is 10.2 Å². The molecule has 1 aliphatic rings. The molecule has 0 radical (unpaired) electrons. The van der Waals surface area contributed by atoms with Crippen molar-refractivity contribution in [2.45, 2.75) is 31.1 Å². The molecule has 0 saturated heterocycles. The van der Waals surface area contributed by atoms with Crippen molar-refractivity contribution in [2.24, 2.45) is 0 Å². The molecule has 1 aliphatic carbocycles. The van der Waals surface area contributed by atoms with Crippen LogP contribution < -0.4 is 15.8 Å². The monoisotopic (exact) mass is 429 g/mol. The fraction of sp³-hybridized carbons (Fsp3) is 0.333. The van der Waals surface area contributed by atoms with Gasteiger partial charge < -0.3 is 4.90 Å². The van der Waals surface area contributed by atoms with Crippen LogP contribution in [0, 0.1) is 0 Å². The normalized spacial score (nSPS) is 15.2. The van der Waals surface area contributed by atoms with Crippen molar-refractivity contribution in [3.63, 3.8) is 0 Å². The second-order valence-corrected chi connectivity index (χ2v) is 8.06. The van der Waals surface area contributed by atoms with Gasteiger partial charge in [-0.2, -0.15) is 0 Å². The Morgan fingerprint density at radius 3 is 2.30 bits per heavy atom. The molecule has 0 atom stereocenters. The lowest BCUT2D eigenvalue weighted by atomic mass is 9.78. The Hall–Kier alpha value is -2.34. The summed E-state index contributed by atoms with van der Waals surface area (Å²) < 4.78 is 0.980. The third kappa shape index (κ3) is 4.16. The number of benzene rings is 2. The second-order valence-electron chi connectivity index (χ2n) is 7.15. The van der Waals surface area contributed by atoms with Gasteiger partial charge in [-0.05, 0) is 48.7 Å². The maximum absolute atomic E-state index is 13.0. The Labute approximate surface area is 168 Å². The fourth-order valence-electron chi connectivity index (χ4n) is 3.62. The number of hydrazine groups is 1. The molecular weight excluding hydrogens is 406 g/mol. The number of nitrogens with zero attached hydrogens (tertiary/aromatic N) is 1. The number of hydrogen-bond donors (Lipinski definition) is 2. The molecule has 2 N–H and O–H groups in total. The number of rotatable bonds is 4. The highest BCUT2D eigenvalue weighted by molar-refractivity contribution is 9.10. The van der Waals surface area contributed by atoms with Gasteiger partial charge in [-0.1, -0.05) is 47.0 Å². The van der Waals surface area contributed by atoms with Gasteiger partial charge in [0.15, 0.2) is 0 Å². The number of carbonyl (C=O) groups excluding carboxylic acids is 2. The summed E-state index contributed by atoms with van der Waals surface area (Å²) >= 11 is 3.44. The second kappa shape index (κ2) is 8.13. The van der Waals surface area contributed by atoms with Crippen LogP contribution in [0.2, 0.25) is 0 Å². The number of amides is 2. The van der Waals surface area contributed by atoms with Crippen LogP contribution >= 0.6 is 15.9 Å². The van der Waals surface area contributed by atoms with Crippen LogP contribution in [-0.4, -0.2) is 25.9 Å². The quantitative estimate of drug-likeness (QED) is 0.726. The van der Waals surface area contributed by atoms with Gasteiger partial charge in [-0.15, -0.1) is 0 Å². The van der Waals surface area contributed by atoms with Crippen LogP contribution in [0.3, 0.4) is 0 Å². The molecule has 0 aromatic heterocycles.